The molecule has 1 saturated heterocycles. The summed E-state index contributed by atoms with van der Waals surface area (Å²) in [7, 11) is 0. The molecule has 0 unspecified atom stereocenters. The summed E-state index contributed by atoms with van der Waals surface area (Å²) in [4.78, 5) is 20.6. The van der Waals surface area contributed by atoms with Crippen LogP contribution in [-0.2, 0) is 11.8 Å². The van der Waals surface area contributed by atoms with E-state index in [0.717, 1.165) is 69.2 Å². The molecule has 0 aliphatic carbocycles. The Bertz CT molecular complexity index is 1410. The smallest absolute Gasteiger partial charge is 0.258 e. The molecule has 37 heavy (non-hydrogen) atoms. The number of rotatable bonds is 5. The van der Waals surface area contributed by atoms with E-state index in [0.29, 0.717) is 0 Å². The Kier molecular flexibility index (Phi) is 6.47. The number of nitrogens with zero attached hydrogens (tertiary/aromatic N) is 4. The summed E-state index contributed by atoms with van der Waals surface area (Å²) in [6.45, 7) is 10.4. The number of carbonyl (C=O) groups is 1. The van der Waals surface area contributed by atoms with Gasteiger partial charge in [0.25, 0.3) is 5.91 Å². The van der Waals surface area contributed by atoms with Crippen LogP contribution in [0.15, 0.2) is 72.8 Å². The normalized spacial score (nSPS) is 17.7. The molecule has 0 N–H and O–H groups in total. The van der Waals surface area contributed by atoms with E-state index in [4.69, 9.17) is 4.37 Å². The van der Waals surface area contributed by atoms with Crippen molar-refractivity contribution >= 4 is 39.0 Å². The van der Waals surface area contributed by atoms with E-state index in [1.165, 1.54) is 21.2 Å². The van der Waals surface area contributed by atoms with Gasteiger partial charge in [-0.15, -0.1) is 0 Å². The van der Waals surface area contributed by atoms with Crippen molar-refractivity contribution < 1.29 is 4.79 Å². The molecule has 190 valence electrons. The second-order valence-corrected chi connectivity index (χ2v) is 11.7. The van der Waals surface area contributed by atoms with Crippen LogP contribution in [0.5, 0.6) is 0 Å². The number of hydrogen-bond donors (Lipinski definition) is 0. The van der Waals surface area contributed by atoms with Crippen molar-refractivity contribution in [3.63, 3.8) is 0 Å². The quantitative estimate of drug-likeness (QED) is 0.331. The Labute approximate surface area is 223 Å². The van der Waals surface area contributed by atoms with E-state index >= 15 is 0 Å². The van der Waals surface area contributed by atoms with Gasteiger partial charge in [0.1, 0.15) is 5.82 Å². The maximum Gasteiger partial charge on any atom is 0.258 e. The SMILES string of the molecule is CC1(C)CCN(C(=O)c2ccccc2)c2c(CCN3CCN(c4nsc5ccccc45)CC3)cccc21. The fourth-order valence-corrected chi connectivity index (χ4v) is 6.59. The zero-order chi connectivity index (χ0) is 25.4. The highest BCUT2D eigenvalue weighted by atomic mass is 32.1. The molecule has 2 aliphatic heterocycles. The van der Waals surface area contributed by atoms with Crippen molar-refractivity contribution in [2.45, 2.75) is 32.1 Å². The van der Waals surface area contributed by atoms with Gasteiger partial charge in [-0.05, 0) is 65.2 Å². The second-order valence-electron chi connectivity index (χ2n) is 10.9. The van der Waals surface area contributed by atoms with Crippen LogP contribution in [0.4, 0.5) is 11.5 Å². The van der Waals surface area contributed by atoms with E-state index in [2.05, 4.69) is 66.1 Å². The lowest BCUT2D eigenvalue weighted by atomic mass is 9.76. The lowest BCUT2D eigenvalue weighted by Crippen LogP contribution is -2.47. The van der Waals surface area contributed by atoms with Crippen LogP contribution in [0.2, 0.25) is 0 Å². The Balaban J connectivity index is 1.18. The minimum atomic E-state index is 0.0563. The molecule has 1 fully saturated rings. The predicted octanol–water partition coefficient (Wildman–Crippen LogP) is 5.99. The first-order valence-electron chi connectivity index (χ1n) is 13.3. The first-order chi connectivity index (χ1) is 18.0. The van der Waals surface area contributed by atoms with Gasteiger partial charge in [0.2, 0.25) is 0 Å². The molecule has 3 aromatic carbocycles. The molecule has 5 nitrogen and oxygen atoms in total. The number of hydrogen-bond acceptors (Lipinski definition) is 5. The molecule has 0 bridgehead atoms. The third-order valence-electron chi connectivity index (χ3n) is 8.07. The van der Waals surface area contributed by atoms with Crippen molar-refractivity contribution in [2.75, 3.05) is 49.1 Å². The Morgan fingerprint density at radius 1 is 0.892 bits per heavy atom. The van der Waals surface area contributed by atoms with E-state index in [9.17, 15) is 4.79 Å². The van der Waals surface area contributed by atoms with Crippen LogP contribution < -0.4 is 9.80 Å². The van der Waals surface area contributed by atoms with E-state index in [-0.39, 0.29) is 11.3 Å². The molecular weight excluding hydrogens is 476 g/mol. The number of piperazine rings is 1. The number of aromatic nitrogens is 1. The zero-order valence-corrected chi connectivity index (χ0v) is 22.5. The number of benzene rings is 3. The molecule has 0 radical (unpaired) electrons. The summed E-state index contributed by atoms with van der Waals surface area (Å²) in [5.74, 6) is 1.24. The van der Waals surface area contributed by atoms with Gasteiger partial charge >= 0.3 is 0 Å². The van der Waals surface area contributed by atoms with E-state index < -0.39 is 0 Å². The molecule has 1 aromatic heterocycles. The molecule has 0 saturated carbocycles. The van der Waals surface area contributed by atoms with Crippen molar-refractivity contribution in [1.29, 1.82) is 0 Å². The third kappa shape index (κ3) is 4.64. The Hall–Kier alpha value is -3.22. The lowest BCUT2D eigenvalue weighted by Gasteiger charge is -2.41. The minimum Gasteiger partial charge on any atom is -0.353 e. The van der Waals surface area contributed by atoms with Crippen molar-refractivity contribution in [2.24, 2.45) is 0 Å². The fraction of sp³-hybridized carbons (Fsp3) is 0.355. The summed E-state index contributed by atoms with van der Waals surface area (Å²) < 4.78 is 6.02. The second kappa shape index (κ2) is 9.92. The summed E-state index contributed by atoms with van der Waals surface area (Å²) in [5, 5.41) is 1.27. The average molecular weight is 511 g/mol. The van der Waals surface area contributed by atoms with Crippen molar-refractivity contribution in [3.05, 3.63) is 89.5 Å². The summed E-state index contributed by atoms with van der Waals surface area (Å²) >= 11 is 1.59. The fourth-order valence-electron chi connectivity index (χ4n) is 5.80. The summed E-state index contributed by atoms with van der Waals surface area (Å²) in [5.41, 5.74) is 4.53. The first kappa shape index (κ1) is 24.1. The zero-order valence-electron chi connectivity index (χ0n) is 21.7. The van der Waals surface area contributed by atoms with Gasteiger partial charge in [0.05, 0.1) is 10.4 Å². The standard InChI is InChI=1S/C31H34N4OS/c1-31(2)16-18-35(30(36)24-9-4-3-5-10-24)28-23(11-8-13-26(28)31)15-17-33-19-21-34(22-20-33)29-25-12-6-7-14-27(25)37-32-29/h3-14H,15-22H2,1-2H3. The predicted molar refractivity (Wildman–Crippen MR) is 154 cm³/mol. The van der Waals surface area contributed by atoms with Gasteiger partial charge in [-0.1, -0.05) is 62.4 Å². The lowest BCUT2D eigenvalue weighted by molar-refractivity contribution is 0.0982. The molecule has 2 aliphatic rings. The van der Waals surface area contributed by atoms with Gasteiger partial charge in [-0.3, -0.25) is 9.69 Å². The van der Waals surface area contributed by atoms with Gasteiger partial charge in [-0.2, -0.15) is 4.37 Å². The van der Waals surface area contributed by atoms with Crippen LogP contribution in [0.3, 0.4) is 0 Å². The highest BCUT2D eigenvalue weighted by Gasteiger charge is 2.35. The number of anilines is 2. The van der Waals surface area contributed by atoms with Crippen LogP contribution in [0.25, 0.3) is 10.1 Å². The number of amides is 1. The highest BCUT2D eigenvalue weighted by Crippen LogP contribution is 2.42. The molecule has 0 atom stereocenters. The minimum absolute atomic E-state index is 0.0563. The molecule has 6 heteroatoms. The molecule has 0 spiro atoms. The van der Waals surface area contributed by atoms with Gasteiger partial charge in [0, 0.05) is 50.2 Å². The van der Waals surface area contributed by atoms with Crippen LogP contribution in [-0.4, -0.2) is 54.4 Å². The van der Waals surface area contributed by atoms with Gasteiger partial charge in [0.15, 0.2) is 0 Å². The molecule has 4 aromatic rings. The Morgan fingerprint density at radius 2 is 1.65 bits per heavy atom. The average Bonchev–Trinajstić information content (AvgIpc) is 3.37. The number of carbonyl (C=O) groups excluding carboxylic acids is 1. The highest BCUT2D eigenvalue weighted by molar-refractivity contribution is 7.13. The van der Waals surface area contributed by atoms with E-state index in [1.807, 2.05) is 35.2 Å². The summed E-state index contributed by atoms with van der Waals surface area (Å²) in [6, 6.07) is 24.9. The van der Waals surface area contributed by atoms with Gasteiger partial charge in [-0.25, -0.2) is 0 Å². The maximum absolute atomic E-state index is 13.6. The van der Waals surface area contributed by atoms with Crippen molar-refractivity contribution in [1.82, 2.24) is 9.27 Å². The van der Waals surface area contributed by atoms with Gasteiger partial charge < -0.3 is 9.80 Å². The largest absolute Gasteiger partial charge is 0.353 e. The maximum atomic E-state index is 13.6. The number of para-hydroxylation sites is 1. The van der Waals surface area contributed by atoms with Crippen LogP contribution in [0.1, 0.15) is 41.8 Å². The monoisotopic (exact) mass is 510 g/mol. The molecule has 3 heterocycles. The molecular formula is C31H34N4OS. The topological polar surface area (TPSA) is 39.7 Å². The van der Waals surface area contributed by atoms with Crippen LogP contribution in [0, 0.1) is 0 Å². The Morgan fingerprint density at radius 3 is 2.46 bits per heavy atom. The van der Waals surface area contributed by atoms with Crippen molar-refractivity contribution in [3.8, 4) is 0 Å². The van der Waals surface area contributed by atoms with Crippen LogP contribution >= 0.6 is 11.5 Å². The third-order valence-corrected chi connectivity index (χ3v) is 8.89. The van der Waals surface area contributed by atoms with E-state index in [1.54, 1.807) is 11.5 Å². The summed E-state index contributed by atoms with van der Waals surface area (Å²) in [6.07, 6.45) is 1.91. The molecule has 6 rings (SSSR count). The number of fused-ring (bicyclic) bond motifs is 2. The molecule has 1 amide bonds. The first-order valence-corrected chi connectivity index (χ1v) is 14.1.